The first-order valence-corrected chi connectivity index (χ1v) is 6.92. The summed E-state index contributed by atoms with van der Waals surface area (Å²) in [6.07, 6.45) is 3.68. The molecule has 1 aliphatic heterocycles. The molecule has 1 aromatic carbocycles. The average molecular weight is 249 g/mol. The number of nitrogens with zero attached hydrogens (tertiary/aromatic N) is 1. The van der Waals surface area contributed by atoms with Crippen LogP contribution in [-0.2, 0) is 0 Å². The standard InChI is InChI=1S/C15H23NO2/c1-2-15(18)13-8-3-4-9-14(13)16-10-6-5-7-12(16)11-17/h3-4,8-9,12,15,17-18H,2,5-7,10-11H2,1H3. The van der Waals surface area contributed by atoms with Gasteiger partial charge in [0.15, 0.2) is 0 Å². The second kappa shape index (κ2) is 6.21. The van der Waals surface area contributed by atoms with Crippen LogP contribution < -0.4 is 4.90 Å². The Balaban J connectivity index is 2.30. The van der Waals surface area contributed by atoms with Gasteiger partial charge in [0.2, 0.25) is 0 Å². The van der Waals surface area contributed by atoms with Gasteiger partial charge in [-0.3, -0.25) is 0 Å². The number of aliphatic hydroxyl groups excluding tert-OH is 2. The predicted molar refractivity (Wildman–Crippen MR) is 73.8 cm³/mol. The maximum absolute atomic E-state index is 10.1. The quantitative estimate of drug-likeness (QED) is 0.861. The van der Waals surface area contributed by atoms with Gasteiger partial charge in [0.05, 0.1) is 18.8 Å². The van der Waals surface area contributed by atoms with E-state index in [1.165, 1.54) is 6.42 Å². The van der Waals surface area contributed by atoms with Crippen LogP contribution in [0.2, 0.25) is 0 Å². The fourth-order valence-electron chi connectivity index (χ4n) is 2.76. The molecule has 0 aliphatic carbocycles. The zero-order valence-corrected chi connectivity index (χ0v) is 11.0. The van der Waals surface area contributed by atoms with E-state index in [9.17, 15) is 10.2 Å². The van der Waals surface area contributed by atoms with Crippen molar-refractivity contribution in [3.8, 4) is 0 Å². The fourth-order valence-corrected chi connectivity index (χ4v) is 2.76. The van der Waals surface area contributed by atoms with Crippen molar-refractivity contribution in [1.82, 2.24) is 0 Å². The van der Waals surface area contributed by atoms with Crippen molar-refractivity contribution in [3.63, 3.8) is 0 Å². The molecule has 2 N–H and O–H groups in total. The fraction of sp³-hybridized carbons (Fsp3) is 0.600. The molecule has 100 valence electrons. The molecule has 1 aromatic rings. The maximum Gasteiger partial charge on any atom is 0.0807 e. The van der Waals surface area contributed by atoms with Crippen LogP contribution in [0, 0.1) is 0 Å². The van der Waals surface area contributed by atoms with Crippen molar-refractivity contribution < 1.29 is 10.2 Å². The minimum atomic E-state index is -0.414. The van der Waals surface area contributed by atoms with Crippen LogP contribution in [0.5, 0.6) is 0 Å². The third-order valence-corrected chi connectivity index (χ3v) is 3.83. The molecule has 0 aromatic heterocycles. The number of rotatable bonds is 4. The van der Waals surface area contributed by atoms with Crippen molar-refractivity contribution in [2.75, 3.05) is 18.1 Å². The van der Waals surface area contributed by atoms with Gasteiger partial charge >= 0.3 is 0 Å². The Hall–Kier alpha value is -1.06. The number of benzene rings is 1. The molecule has 0 saturated carbocycles. The molecule has 2 unspecified atom stereocenters. The highest BCUT2D eigenvalue weighted by Gasteiger charge is 2.24. The summed E-state index contributed by atoms with van der Waals surface area (Å²) in [4.78, 5) is 2.26. The minimum Gasteiger partial charge on any atom is -0.394 e. The van der Waals surface area contributed by atoms with Gasteiger partial charge in [-0.05, 0) is 31.7 Å². The predicted octanol–water partition coefficient (Wildman–Crippen LogP) is 2.48. The van der Waals surface area contributed by atoms with Crippen LogP contribution in [0.25, 0.3) is 0 Å². The molecule has 3 heteroatoms. The van der Waals surface area contributed by atoms with Crippen molar-refractivity contribution in [2.24, 2.45) is 0 Å². The largest absolute Gasteiger partial charge is 0.394 e. The highest BCUT2D eigenvalue weighted by molar-refractivity contribution is 5.55. The molecule has 1 heterocycles. The number of para-hydroxylation sites is 1. The van der Waals surface area contributed by atoms with Crippen LogP contribution in [0.1, 0.15) is 44.3 Å². The Morgan fingerprint density at radius 2 is 2.11 bits per heavy atom. The zero-order valence-electron chi connectivity index (χ0n) is 11.0. The summed E-state index contributed by atoms with van der Waals surface area (Å²) >= 11 is 0. The summed E-state index contributed by atoms with van der Waals surface area (Å²) in [6.45, 7) is 3.15. The first kappa shape index (κ1) is 13.4. The van der Waals surface area contributed by atoms with Crippen LogP contribution in [0.4, 0.5) is 5.69 Å². The number of anilines is 1. The maximum atomic E-state index is 10.1. The van der Waals surface area contributed by atoms with Gasteiger partial charge in [-0.1, -0.05) is 25.1 Å². The highest BCUT2D eigenvalue weighted by atomic mass is 16.3. The molecule has 1 aliphatic rings. The second-order valence-electron chi connectivity index (χ2n) is 5.01. The summed E-state index contributed by atoms with van der Waals surface area (Å²) in [6, 6.07) is 8.22. The third-order valence-electron chi connectivity index (χ3n) is 3.83. The number of piperidine rings is 1. The average Bonchev–Trinajstić information content (AvgIpc) is 2.46. The lowest BCUT2D eigenvalue weighted by molar-refractivity contribution is 0.173. The Bertz CT molecular complexity index is 381. The smallest absolute Gasteiger partial charge is 0.0807 e. The molecule has 0 radical (unpaired) electrons. The van der Waals surface area contributed by atoms with E-state index < -0.39 is 6.10 Å². The van der Waals surface area contributed by atoms with E-state index in [4.69, 9.17) is 0 Å². The van der Waals surface area contributed by atoms with Crippen LogP contribution in [0.15, 0.2) is 24.3 Å². The molecule has 1 saturated heterocycles. The topological polar surface area (TPSA) is 43.7 Å². The summed E-state index contributed by atoms with van der Waals surface area (Å²) in [5.41, 5.74) is 2.07. The van der Waals surface area contributed by atoms with Gasteiger partial charge in [-0.2, -0.15) is 0 Å². The molecule has 1 fully saturated rings. The van der Waals surface area contributed by atoms with Gasteiger partial charge < -0.3 is 15.1 Å². The Morgan fingerprint density at radius 3 is 2.83 bits per heavy atom. The lowest BCUT2D eigenvalue weighted by Crippen LogP contribution is -2.42. The van der Waals surface area contributed by atoms with E-state index in [1.807, 2.05) is 25.1 Å². The van der Waals surface area contributed by atoms with Crippen molar-refractivity contribution in [1.29, 1.82) is 0 Å². The monoisotopic (exact) mass is 249 g/mol. The molecular formula is C15H23NO2. The molecule has 2 rings (SSSR count). The van der Waals surface area contributed by atoms with E-state index in [1.54, 1.807) is 0 Å². The van der Waals surface area contributed by atoms with Crippen molar-refractivity contribution >= 4 is 5.69 Å². The van der Waals surface area contributed by atoms with E-state index in [-0.39, 0.29) is 12.6 Å². The van der Waals surface area contributed by atoms with Crippen LogP contribution in [-0.4, -0.2) is 29.4 Å². The van der Waals surface area contributed by atoms with Gasteiger partial charge in [-0.15, -0.1) is 0 Å². The Labute approximate surface area is 109 Å². The lowest BCUT2D eigenvalue weighted by Gasteiger charge is -2.38. The van der Waals surface area contributed by atoms with E-state index in [0.29, 0.717) is 6.42 Å². The summed E-state index contributed by atoms with van der Waals surface area (Å²) < 4.78 is 0. The molecule has 18 heavy (non-hydrogen) atoms. The van der Waals surface area contributed by atoms with Crippen molar-refractivity contribution in [3.05, 3.63) is 29.8 Å². The first-order chi connectivity index (χ1) is 8.77. The van der Waals surface area contributed by atoms with Crippen molar-refractivity contribution in [2.45, 2.75) is 44.8 Å². The number of aliphatic hydroxyl groups is 2. The second-order valence-corrected chi connectivity index (χ2v) is 5.01. The number of hydrogen-bond acceptors (Lipinski definition) is 3. The van der Waals surface area contributed by atoms with Gasteiger partial charge in [-0.25, -0.2) is 0 Å². The van der Waals surface area contributed by atoms with Crippen LogP contribution >= 0.6 is 0 Å². The van der Waals surface area contributed by atoms with E-state index >= 15 is 0 Å². The zero-order chi connectivity index (χ0) is 13.0. The minimum absolute atomic E-state index is 0.191. The third kappa shape index (κ3) is 2.68. The summed E-state index contributed by atoms with van der Waals surface area (Å²) in [5.74, 6) is 0. The first-order valence-electron chi connectivity index (χ1n) is 6.92. The number of hydrogen-bond donors (Lipinski definition) is 2. The lowest BCUT2D eigenvalue weighted by atomic mass is 9.98. The Kier molecular flexibility index (Phi) is 4.61. The molecule has 0 amide bonds. The molecule has 0 spiro atoms. The van der Waals surface area contributed by atoms with Gasteiger partial charge in [0, 0.05) is 17.8 Å². The SMILES string of the molecule is CCC(O)c1ccccc1N1CCCCC1CO. The summed E-state index contributed by atoms with van der Waals surface area (Å²) in [5, 5.41) is 19.6. The molecule has 0 bridgehead atoms. The highest BCUT2D eigenvalue weighted by Crippen LogP contribution is 2.32. The Morgan fingerprint density at radius 1 is 1.33 bits per heavy atom. The molecular weight excluding hydrogens is 226 g/mol. The van der Waals surface area contributed by atoms with E-state index in [2.05, 4.69) is 11.0 Å². The van der Waals surface area contributed by atoms with Gasteiger partial charge in [0.25, 0.3) is 0 Å². The molecule has 3 nitrogen and oxygen atoms in total. The van der Waals surface area contributed by atoms with Gasteiger partial charge in [0.1, 0.15) is 0 Å². The normalized spacial score (nSPS) is 21.9. The van der Waals surface area contributed by atoms with E-state index in [0.717, 1.165) is 30.6 Å². The summed E-state index contributed by atoms with van der Waals surface area (Å²) in [7, 11) is 0. The van der Waals surface area contributed by atoms with Crippen LogP contribution in [0.3, 0.4) is 0 Å². The molecule has 2 atom stereocenters.